The van der Waals surface area contributed by atoms with E-state index in [9.17, 15) is 4.79 Å². The quantitative estimate of drug-likeness (QED) is 0.703. The molecule has 1 heterocycles. The van der Waals surface area contributed by atoms with Crippen molar-refractivity contribution in [1.29, 1.82) is 0 Å². The third-order valence-electron chi connectivity index (χ3n) is 2.15. The van der Waals surface area contributed by atoms with E-state index in [1.165, 1.54) is 0 Å². The Kier molecular flexibility index (Phi) is 2.37. The maximum atomic E-state index is 10.7. The number of hydrogen-bond donors (Lipinski definition) is 1. The molecule has 0 aliphatic carbocycles. The van der Waals surface area contributed by atoms with Crippen molar-refractivity contribution in [1.82, 2.24) is 0 Å². The summed E-state index contributed by atoms with van der Waals surface area (Å²) >= 11 is 0. The van der Waals surface area contributed by atoms with Crippen molar-refractivity contribution >= 4 is 6.29 Å². The van der Waals surface area contributed by atoms with Crippen molar-refractivity contribution in [2.45, 2.75) is 6.54 Å². The molecule has 0 radical (unpaired) electrons. The van der Waals surface area contributed by atoms with Crippen LogP contribution in [0.3, 0.4) is 0 Å². The van der Waals surface area contributed by atoms with E-state index in [1.54, 1.807) is 12.1 Å². The highest BCUT2D eigenvalue weighted by atomic mass is 16.6. The van der Waals surface area contributed by atoms with Crippen molar-refractivity contribution in [3.63, 3.8) is 0 Å². The molecule has 0 saturated heterocycles. The van der Waals surface area contributed by atoms with Gasteiger partial charge in [0.15, 0.2) is 17.8 Å². The van der Waals surface area contributed by atoms with Gasteiger partial charge in [0.1, 0.15) is 13.2 Å². The highest BCUT2D eigenvalue weighted by molar-refractivity contribution is 5.82. The van der Waals surface area contributed by atoms with Crippen molar-refractivity contribution < 1.29 is 14.3 Å². The van der Waals surface area contributed by atoms with Crippen LogP contribution in [0.1, 0.15) is 15.9 Å². The number of rotatable bonds is 2. The lowest BCUT2D eigenvalue weighted by atomic mass is 10.1. The number of carbonyl (C=O) groups excluding carboxylic acids is 1. The lowest BCUT2D eigenvalue weighted by Crippen LogP contribution is -2.18. The largest absolute Gasteiger partial charge is 0.486 e. The van der Waals surface area contributed by atoms with E-state index in [4.69, 9.17) is 15.2 Å². The fourth-order valence-electron chi connectivity index (χ4n) is 1.47. The molecule has 0 aromatic heterocycles. The normalized spacial score (nSPS) is 13.8. The summed E-state index contributed by atoms with van der Waals surface area (Å²) in [4.78, 5) is 10.7. The van der Waals surface area contributed by atoms with Crippen LogP contribution in [-0.2, 0) is 6.54 Å². The summed E-state index contributed by atoms with van der Waals surface area (Å²) in [5, 5.41) is 0. The second-order valence-corrected chi connectivity index (χ2v) is 2.99. The molecule has 4 heteroatoms. The molecule has 0 amide bonds. The molecule has 0 unspecified atom stereocenters. The number of fused-ring (bicyclic) bond motifs is 1. The number of carbonyl (C=O) groups is 1. The van der Waals surface area contributed by atoms with Gasteiger partial charge in [-0.2, -0.15) is 0 Å². The van der Waals surface area contributed by atoms with Gasteiger partial charge in [0, 0.05) is 12.1 Å². The molecule has 74 valence electrons. The second-order valence-electron chi connectivity index (χ2n) is 2.99. The van der Waals surface area contributed by atoms with E-state index < -0.39 is 0 Å². The van der Waals surface area contributed by atoms with E-state index in [0.29, 0.717) is 36.8 Å². The highest BCUT2D eigenvalue weighted by Crippen LogP contribution is 2.36. The first-order valence-corrected chi connectivity index (χ1v) is 4.43. The first-order chi connectivity index (χ1) is 6.86. The van der Waals surface area contributed by atoms with E-state index >= 15 is 0 Å². The predicted octanol–water partition coefficient (Wildman–Crippen LogP) is 0.729. The lowest BCUT2D eigenvalue weighted by molar-refractivity contribution is 0.111. The Morgan fingerprint density at radius 3 is 2.64 bits per heavy atom. The van der Waals surface area contributed by atoms with Gasteiger partial charge in [-0.1, -0.05) is 6.07 Å². The SMILES string of the molecule is NCc1ccc(C=O)c2c1OCCO2. The average molecular weight is 193 g/mol. The number of ether oxygens (including phenoxy) is 2. The Morgan fingerprint density at radius 2 is 2.00 bits per heavy atom. The van der Waals surface area contributed by atoms with E-state index in [0.717, 1.165) is 11.8 Å². The van der Waals surface area contributed by atoms with Crippen LogP contribution in [0.25, 0.3) is 0 Å². The second kappa shape index (κ2) is 3.67. The molecule has 0 saturated carbocycles. The molecule has 0 atom stereocenters. The summed E-state index contributed by atoms with van der Waals surface area (Å²) in [5.41, 5.74) is 6.92. The first kappa shape index (κ1) is 9.02. The molecule has 2 rings (SSSR count). The van der Waals surface area contributed by atoms with Gasteiger partial charge in [0.2, 0.25) is 0 Å². The van der Waals surface area contributed by atoms with Gasteiger partial charge >= 0.3 is 0 Å². The molecule has 4 nitrogen and oxygen atoms in total. The third kappa shape index (κ3) is 1.33. The van der Waals surface area contributed by atoms with Crippen molar-refractivity contribution in [3.05, 3.63) is 23.3 Å². The van der Waals surface area contributed by atoms with E-state index in [2.05, 4.69) is 0 Å². The zero-order valence-corrected chi connectivity index (χ0v) is 7.66. The Labute approximate surface area is 81.6 Å². The van der Waals surface area contributed by atoms with Crippen LogP contribution >= 0.6 is 0 Å². The molecule has 0 spiro atoms. The monoisotopic (exact) mass is 193 g/mol. The smallest absolute Gasteiger partial charge is 0.172 e. The van der Waals surface area contributed by atoms with Gasteiger partial charge in [-0.25, -0.2) is 0 Å². The Hall–Kier alpha value is -1.55. The number of aldehydes is 1. The number of nitrogens with two attached hydrogens (primary N) is 1. The van der Waals surface area contributed by atoms with Gasteiger partial charge in [0.05, 0.1) is 5.56 Å². The molecular weight excluding hydrogens is 182 g/mol. The summed E-state index contributed by atoms with van der Waals surface area (Å²) in [5.74, 6) is 1.14. The van der Waals surface area contributed by atoms with Crippen LogP contribution in [0.2, 0.25) is 0 Å². The van der Waals surface area contributed by atoms with Crippen LogP contribution in [0.15, 0.2) is 12.1 Å². The maximum absolute atomic E-state index is 10.7. The standard InChI is InChI=1S/C10H11NO3/c11-5-7-1-2-8(6-12)10-9(7)13-3-4-14-10/h1-2,6H,3-5,11H2. The van der Waals surface area contributed by atoms with Gasteiger partial charge in [0.25, 0.3) is 0 Å². The molecule has 1 aromatic rings. The molecule has 1 aromatic carbocycles. The van der Waals surface area contributed by atoms with E-state index in [-0.39, 0.29) is 0 Å². The first-order valence-electron chi connectivity index (χ1n) is 4.43. The molecule has 1 aliphatic heterocycles. The molecule has 0 bridgehead atoms. The predicted molar refractivity (Wildman–Crippen MR) is 50.7 cm³/mol. The average Bonchev–Trinajstić information content (AvgIpc) is 2.27. The third-order valence-corrected chi connectivity index (χ3v) is 2.15. The molecule has 2 N–H and O–H groups in total. The lowest BCUT2D eigenvalue weighted by Gasteiger charge is -2.21. The van der Waals surface area contributed by atoms with Gasteiger partial charge in [-0.15, -0.1) is 0 Å². The topological polar surface area (TPSA) is 61.6 Å². The summed E-state index contributed by atoms with van der Waals surface area (Å²) in [6.07, 6.45) is 0.758. The Morgan fingerprint density at radius 1 is 1.29 bits per heavy atom. The van der Waals surface area contributed by atoms with Gasteiger partial charge in [-0.05, 0) is 6.07 Å². The number of benzene rings is 1. The van der Waals surface area contributed by atoms with Crippen molar-refractivity contribution in [3.8, 4) is 11.5 Å². The van der Waals surface area contributed by atoms with Crippen LogP contribution in [0.5, 0.6) is 11.5 Å². The molecule has 1 aliphatic rings. The zero-order valence-electron chi connectivity index (χ0n) is 7.66. The minimum atomic E-state index is 0.380. The fraction of sp³-hybridized carbons (Fsp3) is 0.300. The van der Waals surface area contributed by atoms with Crippen molar-refractivity contribution in [2.24, 2.45) is 5.73 Å². The highest BCUT2D eigenvalue weighted by Gasteiger charge is 2.18. The van der Waals surface area contributed by atoms with Crippen LogP contribution < -0.4 is 15.2 Å². The zero-order chi connectivity index (χ0) is 9.97. The summed E-state index contributed by atoms with van der Waals surface area (Å²) in [6.45, 7) is 1.36. The summed E-state index contributed by atoms with van der Waals surface area (Å²) < 4.78 is 10.8. The van der Waals surface area contributed by atoms with Crippen molar-refractivity contribution in [2.75, 3.05) is 13.2 Å². The molecular formula is C10H11NO3. The summed E-state index contributed by atoms with van der Waals surface area (Å²) in [6, 6.07) is 3.49. The van der Waals surface area contributed by atoms with Crippen LogP contribution in [-0.4, -0.2) is 19.5 Å². The molecule has 14 heavy (non-hydrogen) atoms. The van der Waals surface area contributed by atoms with Gasteiger partial charge in [-0.3, -0.25) is 4.79 Å². The van der Waals surface area contributed by atoms with Crippen LogP contribution in [0, 0.1) is 0 Å². The maximum Gasteiger partial charge on any atom is 0.172 e. The summed E-state index contributed by atoms with van der Waals surface area (Å²) in [7, 11) is 0. The molecule has 0 fully saturated rings. The van der Waals surface area contributed by atoms with Gasteiger partial charge < -0.3 is 15.2 Å². The Bertz CT molecular complexity index is 363. The minimum absolute atomic E-state index is 0.380. The Balaban J connectivity index is 2.55. The minimum Gasteiger partial charge on any atom is -0.486 e. The fourth-order valence-corrected chi connectivity index (χ4v) is 1.47. The van der Waals surface area contributed by atoms with Crippen LogP contribution in [0.4, 0.5) is 0 Å². The number of hydrogen-bond acceptors (Lipinski definition) is 4. The van der Waals surface area contributed by atoms with E-state index in [1.807, 2.05) is 0 Å².